The number of carbonyl (C=O) groups excluding carboxylic acids is 2. The Morgan fingerprint density at radius 2 is 1.81 bits per heavy atom. The van der Waals surface area contributed by atoms with Crippen LogP contribution in [0.1, 0.15) is 5.69 Å². The number of carbonyl (C=O) groups is 2. The maximum atomic E-state index is 12.2. The van der Waals surface area contributed by atoms with Gasteiger partial charge in [0.25, 0.3) is 0 Å². The lowest BCUT2D eigenvalue weighted by Crippen LogP contribution is -2.15. The van der Waals surface area contributed by atoms with Crippen molar-refractivity contribution >= 4 is 17.6 Å². The SMILES string of the molecule is COC(=O)COc1ccc(NC(=O)Cc2coc(-c3ccccc3)n2)cc1. The summed E-state index contributed by atoms with van der Waals surface area (Å²) in [7, 11) is 1.29. The van der Waals surface area contributed by atoms with Gasteiger partial charge in [-0.3, -0.25) is 4.79 Å². The molecule has 0 saturated heterocycles. The van der Waals surface area contributed by atoms with E-state index in [0.29, 0.717) is 23.0 Å². The van der Waals surface area contributed by atoms with Crippen LogP contribution in [0.2, 0.25) is 0 Å². The molecule has 1 heterocycles. The second kappa shape index (κ2) is 8.66. The number of oxazole rings is 1. The Balaban J connectivity index is 1.53. The number of hydrogen-bond donors (Lipinski definition) is 1. The van der Waals surface area contributed by atoms with Crippen LogP contribution in [-0.2, 0) is 20.7 Å². The van der Waals surface area contributed by atoms with Crippen molar-refractivity contribution in [1.29, 1.82) is 0 Å². The molecule has 3 aromatic rings. The Hall–Kier alpha value is -3.61. The maximum absolute atomic E-state index is 12.2. The summed E-state index contributed by atoms with van der Waals surface area (Å²) in [6, 6.07) is 16.1. The first-order valence-electron chi connectivity index (χ1n) is 8.23. The molecule has 0 atom stereocenters. The van der Waals surface area contributed by atoms with Crippen molar-refractivity contribution in [3.05, 3.63) is 66.6 Å². The number of nitrogens with zero attached hydrogens (tertiary/aromatic N) is 1. The highest BCUT2D eigenvalue weighted by Gasteiger charge is 2.11. The lowest BCUT2D eigenvalue weighted by molar-refractivity contribution is -0.142. The molecule has 0 bridgehead atoms. The molecule has 1 amide bonds. The maximum Gasteiger partial charge on any atom is 0.343 e. The number of aromatic nitrogens is 1. The fourth-order valence-electron chi connectivity index (χ4n) is 2.31. The largest absolute Gasteiger partial charge is 0.482 e. The molecular formula is C20H18N2O5. The minimum atomic E-state index is -0.463. The van der Waals surface area contributed by atoms with Crippen LogP contribution in [0.15, 0.2) is 65.3 Å². The molecular weight excluding hydrogens is 348 g/mol. The van der Waals surface area contributed by atoms with Crippen molar-refractivity contribution in [2.24, 2.45) is 0 Å². The van der Waals surface area contributed by atoms with Crippen molar-refractivity contribution < 1.29 is 23.5 Å². The highest BCUT2D eigenvalue weighted by molar-refractivity contribution is 5.92. The third-order valence-corrected chi connectivity index (χ3v) is 3.64. The Kier molecular flexibility index (Phi) is 5.84. The van der Waals surface area contributed by atoms with Gasteiger partial charge in [-0.15, -0.1) is 0 Å². The molecule has 1 N–H and O–H groups in total. The van der Waals surface area contributed by atoms with Gasteiger partial charge >= 0.3 is 5.97 Å². The molecule has 3 rings (SSSR count). The molecule has 7 nitrogen and oxygen atoms in total. The van der Waals surface area contributed by atoms with Crippen LogP contribution in [-0.4, -0.2) is 30.6 Å². The summed E-state index contributed by atoms with van der Waals surface area (Å²) < 4.78 is 15.2. The first kappa shape index (κ1) is 18.2. The number of methoxy groups -OCH3 is 1. The zero-order chi connectivity index (χ0) is 19.1. The van der Waals surface area contributed by atoms with Gasteiger partial charge in [-0.25, -0.2) is 9.78 Å². The van der Waals surface area contributed by atoms with E-state index in [0.717, 1.165) is 5.56 Å². The zero-order valence-corrected chi connectivity index (χ0v) is 14.7. The second-order valence-corrected chi connectivity index (χ2v) is 5.62. The molecule has 0 spiro atoms. The fraction of sp³-hybridized carbons (Fsp3) is 0.150. The van der Waals surface area contributed by atoms with Crippen LogP contribution >= 0.6 is 0 Å². The van der Waals surface area contributed by atoms with Gasteiger partial charge in [0.2, 0.25) is 11.8 Å². The first-order chi connectivity index (χ1) is 13.1. The quantitative estimate of drug-likeness (QED) is 0.646. The number of esters is 1. The monoisotopic (exact) mass is 366 g/mol. The highest BCUT2D eigenvalue weighted by Crippen LogP contribution is 2.19. The highest BCUT2D eigenvalue weighted by atomic mass is 16.6. The number of anilines is 1. The topological polar surface area (TPSA) is 90.7 Å². The molecule has 0 aliphatic carbocycles. The summed E-state index contributed by atoms with van der Waals surface area (Å²) in [6.07, 6.45) is 1.57. The van der Waals surface area contributed by atoms with Crippen molar-refractivity contribution in [3.63, 3.8) is 0 Å². The summed E-state index contributed by atoms with van der Waals surface area (Å²) in [5.74, 6) is 0.300. The van der Waals surface area contributed by atoms with E-state index >= 15 is 0 Å². The van der Waals surface area contributed by atoms with E-state index in [1.807, 2.05) is 30.3 Å². The lowest BCUT2D eigenvalue weighted by Gasteiger charge is -2.07. The molecule has 1 aromatic heterocycles. The van der Waals surface area contributed by atoms with Crippen molar-refractivity contribution in [2.45, 2.75) is 6.42 Å². The standard InChI is InChI=1S/C20H18N2O5/c1-25-19(24)13-26-17-9-7-15(8-10-17)21-18(23)11-16-12-27-20(22-16)14-5-3-2-4-6-14/h2-10,12H,11,13H2,1H3,(H,21,23). The molecule has 0 radical (unpaired) electrons. The summed E-state index contributed by atoms with van der Waals surface area (Å²) >= 11 is 0. The number of rotatable bonds is 7. The lowest BCUT2D eigenvalue weighted by atomic mass is 10.2. The van der Waals surface area contributed by atoms with Crippen LogP contribution < -0.4 is 10.1 Å². The van der Waals surface area contributed by atoms with E-state index < -0.39 is 5.97 Å². The van der Waals surface area contributed by atoms with E-state index in [1.54, 1.807) is 24.3 Å². The molecule has 138 valence electrons. The van der Waals surface area contributed by atoms with E-state index in [2.05, 4.69) is 15.0 Å². The summed E-state index contributed by atoms with van der Waals surface area (Å²) in [4.78, 5) is 27.6. The van der Waals surface area contributed by atoms with Gasteiger partial charge in [-0.05, 0) is 36.4 Å². The Morgan fingerprint density at radius 3 is 2.52 bits per heavy atom. The van der Waals surface area contributed by atoms with Crippen LogP contribution in [0.5, 0.6) is 5.75 Å². The molecule has 27 heavy (non-hydrogen) atoms. The molecule has 2 aromatic carbocycles. The number of benzene rings is 2. The second-order valence-electron chi connectivity index (χ2n) is 5.62. The fourth-order valence-corrected chi connectivity index (χ4v) is 2.31. The molecule has 0 fully saturated rings. The van der Waals surface area contributed by atoms with Gasteiger partial charge in [0.05, 0.1) is 19.2 Å². The molecule has 0 unspecified atom stereocenters. The van der Waals surface area contributed by atoms with Gasteiger partial charge < -0.3 is 19.2 Å². The van der Waals surface area contributed by atoms with Crippen LogP contribution in [0, 0.1) is 0 Å². The zero-order valence-electron chi connectivity index (χ0n) is 14.7. The first-order valence-corrected chi connectivity index (χ1v) is 8.23. The van der Waals surface area contributed by atoms with E-state index in [4.69, 9.17) is 9.15 Å². The van der Waals surface area contributed by atoms with Gasteiger partial charge in [-0.2, -0.15) is 0 Å². The smallest absolute Gasteiger partial charge is 0.343 e. The molecule has 7 heteroatoms. The number of amides is 1. The summed E-state index contributed by atoms with van der Waals surface area (Å²) in [5, 5.41) is 2.77. The third-order valence-electron chi connectivity index (χ3n) is 3.64. The van der Waals surface area contributed by atoms with Gasteiger partial charge in [0, 0.05) is 11.3 Å². The van der Waals surface area contributed by atoms with E-state index in [1.165, 1.54) is 13.4 Å². The van der Waals surface area contributed by atoms with Crippen LogP contribution in [0.4, 0.5) is 5.69 Å². The predicted octanol–water partition coefficient (Wildman–Crippen LogP) is 3.07. The molecule has 0 aliphatic rings. The van der Waals surface area contributed by atoms with E-state index in [9.17, 15) is 9.59 Å². The Labute approximate surface area is 155 Å². The van der Waals surface area contributed by atoms with Crippen LogP contribution in [0.3, 0.4) is 0 Å². The normalized spacial score (nSPS) is 10.3. The third kappa shape index (κ3) is 5.18. The Morgan fingerprint density at radius 1 is 1.07 bits per heavy atom. The Bertz CT molecular complexity index is 904. The molecule has 0 saturated carbocycles. The molecule has 0 aliphatic heterocycles. The summed E-state index contributed by atoms with van der Waals surface area (Å²) in [6.45, 7) is -0.169. The van der Waals surface area contributed by atoms with Crippen molar-refractivity contribution in [2.75, 3.05) is 19.0 Å². The van der Waals surface area contributed by atoms with Crippen molar-refractivity contribution in [1.82, 2.24) is 4.98 Å². The minimum absolute atomic E-state index is 0.0942. The minimum Gasteiger partial charge on any atom is -0.482 e. The van der Waals surface area contributed by atoms with Crippen LogP contribution in [0.25, 0.3) is 11.5 Å². The van der Waals surface area contributed by atoms with Gasteiger partial charge in [0.15, 0.2) is 6.61 Å². The van der Waals surface area contributed by atoms with E-state index in [-0.39, 0.29) is 18.9 Å². The van der Waals surface area contributed by atoms with Gasteiger partial charge in [0.1, 0.15) is 12.0 Å². The number of hydrogen-bond acceptors (Lipinski definition) is 6. The summed E-state index contributed by atoms with van der Waals surface area (Å²) in [5.41, 5.74) is 2.01. The average Bonchev–Trinajstić information content (AvgIpc) is 3.16. The predicted molar refractivity (Wildman–Crippen MR) is 98.2 cm³/mol. The van der Waals surface area contributed by atoms with Crippen molar-refractivity contribution in [3.8, 4) is 17.2 Å². The number of ether oxygens (including phenoxy) is 2. The average molecular weight is 366 g/mol. The number of nitrogens with one attached hydrogen (secondary N) is 1. The van der Waals surface area contributed by atoms with Gasteiger partial charge in [-0.1, -0.05) is 18.2 Å².